The summed E-state index contributed by atoms with van der Waals surface area (Å²) in [5.74, 6) is -0.0143. The molecule has 1 aromatic heterocycles. The van der Waals surface area contributed by atoms with Crippen molar-refractivity contribution >= 4 is 28.6 Å². The quantitative estimate of drug-likeness (QED) is 0.368. The average molecular weight is 434 g/mol. The van der Waals surface area contributed by atoms with Crippen LogP contribution in [0.3, 0.4) is 0 Å². The van der Waals surface area contributed by atoms with E-state index in [0.717, 1.165) is 23.9 Å². The smallest absolute Gasteiger partial charge is 0.338 e. The minimum absolute atomic E-state index is 0.0691. The fourth-order valence-corrected chi connectivity index (χ4v) is 4.43. The molecule has 2 atom stereocenters. The number of esters is 1. The fourth-order valence-electron chi connectivity index (χ4n) is 4.43. The van der Waals surface area contributed by atoms with E-state index in [1.165, 1.54) is 6.07 Å². The molecule has 0 bridgehead atoms. The number of aromatic nitrogens is 2. The Morgan fingerprint density at radius 3 is 2.84 bits per heavy atom. The van der Waals surface area contributed by atoms with Gasteiger partial charge in [-0.3, -0.25) is 14.7 Å². The van der Waals surface area contributed by atoms with E-state index in [2.05, 4.69) is 10.3 Å². The Hall–Kier alpha value is -3.72. The molecule has 1 N–H and O–H groups in total. The summed E-state index contributed by atoms with van der Waals surface area (Å²) in [6.07, 6.45) is 1.66. The van der Waals surface area contributed by atoms with Gasteiger partial charge in [-0.1, -0.05) is 24.3 Å². The number of rotatable bonds is 5. The number of para-hydroxylation sites is 3. The van der Waals surface area contributed by atoms with Gasteiger partial charge in [0.2, 0.25) is 5.95 Å². The molecule has 0 unspecified atom stereocenters. The van der Waals surface area contributed by atoms with Gasteiger partial charge < -0.3 is 14.8 Å². The lowest BCUT2D eigenvalue weighted by Crippen LogP contribution is -2.30. The third kappa shape index (κ3) is 3.40. The number of nitrogens with one attached hydrogen (secondary N) is 1. The zero-order valence-corrected chi connectivity index (χ0v) is 17.5. The summed E-state index contributed by atoms with van der Waals surface area (Å²) in [6.45, 7) is 2.57. The van der Waals surface area contributed by atoms with Crippen molar-refractivity contribution < 1.29 is 19.2 Å². The third-order valence-corrected chi connectivity index (χ3v) is 5.90. The van der Waals surface area contributed by atoms with E-state index < -0.39 is 16.9 Å². The van der Waals surface area contributed by atoms with E-state index in [-0.39, 0.29) is 18.4 Å². The molecule has 0 saturated carbocycles. The second kappa shape index (κ2) is 8.08. The van der Waals surface area contributed by atoms with Crippen LogP contribution in [0.2, 0.25) is 0 Å². The van der Waals surface area contributed by atoms with Crippen molar-refractivity contribution in [3.8, 4) is 0 Å². The van der Waals surface area contributed by atoms with E-state index >= 15 is 0 Å². The number of nitro groups is 1. The predicted octanol–water partition coefficient (Wildman–Crippen LogP) is 3.96. The number of allylic oxidation sites excluding steroid dienone is 1. The van der Waals surface area contributed by atoms with Gasteiger partial charge in [-0.25, -0.2) is 9.78 Å². The Morgan fingerprint density at radius 2 is 2.06 bits per heavy atom. The van der Waals surface area contributed by atoms with E-state index in [0.29, 0.717) is 29.4 Å². The van der Waals surface area contributed by atoms with Crippen molar-refractivity contribution in [1.82, 2.24) is 9.55 Å². The van der Waals surface area contributed by atoms with Crippen LogP contribution in [0.15, 0.2) is 59.8 Å². The Labute approximate surface area is 183 Å². The van der Waals surface area contributed by atoms with Gasteiger partial charge in [0.15, 0.2) is 0 Å². The first-order chi connectivity index (χ1) is 15.5. The van der Waals surface area contributed by atoms with Gasteiger partial charge >= 0.3 is 5.97 Å². The van der Waals surface area contributed by atoms with Crippen molar-refractivity contribution in [2.45, 2.75) is 31.9 Å². The molecular formula is C23H22N4O5. The average Bonchev–Trinajstić information content (AvgIpc) is 3.44. The number of imidazole rings is 1. The maximum Gasteiger partial charge on any atom is 0.338 e. The Morgan fingerprint density at radius 1 is 1.28 bits per heavy atom. The molecule has 0 spiro atoms. The predicted molar refractivity (Wildman–Crippen MR) is 117 cm³/mol. The minimum atomic E-state index is -0.766. The molecule has 5 rings (SSSR count). The first-order valence-corrected chi connectivity index (χ1v) is 10.5. The first kappa shape index (κ1) is 20.2. The molecule has 9 heteroatoms. The molecule has 2 aliphatic heterocycles. The highest BCUT2D eigenvalue weighted by Crippen LogP contribution is 2.42. The van der Waals surface area contributed by atoms with Gasteiger partial charge in [-0.2, -0.15) is 0 Å². The molecule has 1 fully saturated rings. The van der Waals surface area contributed by atoms with E-state index in [1.807, 2.05) is 28.8 Å². The second-order valence-electron chi connectivity index (χ2n) is 7.91. The maximum atomic E-state index is 13.3. The molecule has 9 nitrogen and oxygen atoms in total. The highest BCUT2D eigenvalue weighted by atomic mass is 16.6. The number of fused-ring (bicyclic) bond motifs is 3. The summed E-state index contributed by atoms with van der Waals surface area (Å²) < 4.78 is 13.0. The number of ether oxygens (including phenoxy) is 2. The molecule has 0 radical (unpaired) electrons. The summed E-state index contributed by atoms with van der Waals surface area (Å²) in [5.41, 5.74) is 2.67. The standard InChI is InChI=1S/C23H22N4O5/c1-14-20(22(28)32-13-15-7-6-12-31-15)21(16-8-2-4-10-18(16)27(29)30)26-19-11-5-3-9-17(19)25-23(26)24-14/h2-5,8-11,15,21H,6-7,12-13H2,1H3,(H,24,25)/t15-,21-/m1/s1. The Balaban J connectivity index is 1.64. The molecular weight excluding hydrogens is 412 g/mol. The van der Waals surface area contributed by atoms with Gasteiger partial charge in [-0.05, 0) is 38.0 Å². The molecule has 0 aliphatic carbocycles. The molecule has 3 heterocycles. The van der Waals surface area contributed by atoms with Gasteiger partial charge in [-0.15, -0.1) is 0 Å². The summed E-state index contributed by atoms with van der Waals surface area (Å²) in [5, 5.41) is 15.0. The van der Waals surface area contributed by atoms with Crippen molar-refractivity contribution in [1.29, 1.82) is 0 Å². The normalized spacial score (nSPS) is 20.2. The SMILES string of the molecule is CC1=C(C(=O)OC[C@H]2CCCO2)[C@@H](c2ccccc2[N+](=O)[O-])n2c(nc3ccccc32)N1. The molecule has 0 amide bonds. The lowest BCUT2D eigenvalue weighted by molar-refractivity contribution is -0.385. The fraction of sp³-hybridized carbons (Fsp3) is 0.304. The Bertz CT molecular complexity index is 1240. The summed E-state index contributed by atoms with van der Waals surface area (Å²) in [4.78, 5) is 29.4. The van der Waals surface area contributed by atoms with Crippen LogP contribution in [0.1, 0.15) is 31.4 Å². The number of hydrogen-bond acceptors (Lipinski definition) is 7. The van der Waals surface area contributed by atoms with E-state index in [1.54, 1.807) is 25.1 Å². The highest BCUT2D eigenvalue weighted by molar-refractivity contribution is 5.94. The van der Waals surface area contributed by atoms with Crippen molar-refractivity contribution in [3.05, 3.63) is 75.5 Å². The second-order valence-corrected chi connectivity index (χ2v) is 7.91. The number of hydrogen-bond donors (Lipinski definition) is 1. The molecule has 1 saturated heterocycles. The van der Waals surface area contributed by atoms with E-state index in [9.17, 15) is 14.9 Å². The largest absolute Gasteiger partial charge is 0.459 e. The minimum Gasteiger partial charge on any atom is -0.459 e. The van der Waals surface area contributed by atoms with Gasteiger partial charge in [0.25, 0.3) is 5.69 Å². The van der Waals surface area contributed by atoms with Crippen LogP contribution in [-0.4, -0.2) is 39.8 Å². The lowest BCUT2D eigenvalue weighted by atomic mass is 9.93. The first-order valence-electron chi connectivity index (χ1n) is 10.5. The number of anilines is 1. The summed E-state index contributed by atoms with van der Waals surface area (Å²) >= 11 is 0. The van der Waals surface area contributed by atoms with E-state index in [4.69, 9.17) is 9.47 Å². The Kier molecular flexibility index (Phi) is 5.10. The zero-order chi connectivity index (χ0) is 22.2. The van der Waals surface area contributed by atoms with Crippen molar-refractivity contribution in [2.24, 2.45) is 0 Å². The molecule has 2 aromatic carbocycles. The third-order valence-electron chi connectivity index (χ3n) is 5.90. The lowest BCUT2D eigenvalue weighted by Gasteiger charge is -2.30. The number of carbonyl (C=O) groups excluding carboxylic acids is 1. The maximum absolute atomic E-state index is 13.3. The van der Waals surface area contributed by atoms with Crippen LogP contribution in [0.4, 0.5) is 11.6 Å². The van der Waals surface area contributed by atoms with Crippen molar-refractivity contribution in [3.63, 3.8) is 0 Å². The number of nitrogens with zero attached hydrogens (tertiary/aromatic N) is 3. The van der Waals surface area contributed by atoms with Gasteiger partial charge in [0, 0.05) is 18.4 Å². The molecule has 3 aromatic rings. The number of nitro benzene ring substituents is 1. The number of carbonyl (C=O) groups is 1. The van der Waals surface area contributed by atoms with Crippen LogP contribution >= 0.6 is 0 Å². The van der Waals surface area contributed by atoms with Crippen LogP contribution in [0, 0.1) is 10.1 Å². The zero-order valence-electron chi connectivity index (χ0n) is 17.5. The topological polar surface area (TPSA) is 109 Å². The summed E-state index contributed by atoms with van der Waals surface area (Å²) in [6, 6.07) is 13.2. The van der Waals surface area contributed by atoms with Crippen LogP contribution in [0.5, 0.6) is 0 Å². The summed E-state index contributed by atoms with van der Waals surface area (Å²) in [7, 11) is 0. The molecule has 32 heavy (non-hydrogen) atoms. The number of benzene rings is 2. The van der Waals surface area contributed by atoms with Crippen LogP contribution in [-0.2, 0) is 14.3 Å². The van der Waals surface area contributed by atoms with Crippen LogP contribution < -0.4 is 5.32 Å². The highest BCUT2D eigenvalue weighted by Gasteiger charge is 2.38. The molecule has 2 aliphatic rings. The monoisotopic (exact) mass is 434 g/mol. The van der Waals surface area contributed by atoms with Crippen molar-refractivity contribution in [2.75, 3.05) is 18.5 Å². The van der Waals surface area contributed by atoms with Gasteiger partial charge in [0.05, 0.1) is 33.2 Å². The van der Waals surface area contributed by atoms with Crippen LogP contribution in [0.25, 0.3) is 11.0 Å². The van der Waals surface area contributed by atoms with Gasteiger partial charge in [0.1, 0.15) is 12.6 Å². The molecule has 164 valence electrons.